The molecule has 1 N–H and O–H groups in total. The van der Waals surface area contributed by atoms with E-state index in [1.54, 1.807) is 31.2 Å². The number of carbonyl (C=O) groups excluding carboxylic acids is 2. The third-order valence-electron chi connectivity index (χ3n) is 7.54. The Labute approximate surface area is 289 Å². The molecule has 1 atom stereocenters. The number of methoxy groups -OCH3 is 1. The molecular weight excluding hydrogens is 679 g/mol. The average Bonchev–Trinajstić information content (AvgIpc) is 3.06. The van der Waals surface area contributed by atoms with Crippen LogP contribution < -0.4 is 14.4 Å². The van der Waals surface area contributed by atoms with E-state index in [4.69, 9.17) is 27.9 Å². The molecule has 0 saturated heterocycles. The predicted molar refractivity (Wildman–Crippen MR) is 185 cm³/mol. The average molecular weight is 714 g/mol. The summed E-state index contributed by atoms with van der Waals surface area (Å²) in [5, 5.41) is 15.2. The van der Waals surface area contributed by atoms with Crippen molar-refractivity contribution in [2.75, 3.05) is 24.5 Å². The van der Waals surface area contributed by atoms with Gasteiger partial charge in [-0.3, -0.25) is 24.0 Å². The molecule has 48 heavy (non-hydrogen) atoms. The number of hydrogen-bond donors (Lipinski definition) is 1. The molecule has 252 valence electrons. The number of likely N-dealkylation sites (N-methyl/N-ethyl adjacent to an activating group) is 1. The first-order valence-electron chi connectivity index (χ1n) is 14.8. The van der Waals surface area contributed by atoms with E-state index in [1.165, 1.54) is 49.3 Å². The highest BCUT2D eigenvalue weighted by molar-refractivity contribution is 7.92. The lowest BCUT2D eigenvalue weighted by Gasteiger charge is -2.34. The highest BCUT2D eigenvalue weighted by atomic mass is 35.5. The van der Waals surface area contributed by atoms with Crippen LogP contribution in [0, 0.1) is 17.0 Å². The summed E-state index contributed by atoms with van der Waals surface area (Å²) in [5.41, 5.74) is 1.17. The van der Waals surface area contributed by atoms with Gasteiger partial charge < -0.3 is 15.0 Å². The maximum Gasteiger partial charge on any atom is 0.273 e. The predicted octanol–water partition coefficient (Wildman–Crippen LogP) is 6.19. The van der Waals surface area contributed by atoms with Gasteiger partial charge in [0.25, 0.3) is 15.7 Å². The van der Waals surface area contributed by atoms with E-state index in [2.05, 4.69) is 5.32 Å². The molecule has 0 radical (unpaired) electrons. The van der Waals surface area contributed by atoms with Crippen LogP contribution in [0.4, 0.5) is 11.4 Å². The molecule has 0 bridgehead atoms. The fourth-order valence-corrected chi connectivity index (χ4v) is 6.81. The number of amides is 2. The number of halogens is 2. The molecule has 1 unspecified atom stereocenters. The first-order valence-corrected chi connectivity index (χ1v) is 17.0. The number of benzene rings is 4. The topological polar surface area (TPSA) is 139 Å². The summed E-state index contributed by atoms with van der Waals surface area (Å²) in [5.74, 6) is -1.09. The van der Waals surface area contributed by atoms with Gasteiger partial charge in [0.2, 0.25) is 11.8 Å². The maximum atomic E-state index is 14.6. The molecule has 0 aliphatic carbocycles. The molecule has 4 aromatic carbocycles. The van der Waals surface area contributed by atoms with Gasteiger partial charge in [-0.1, -0.05) is 71.7 Å². The van der Waals surface area contributed by atoms with Crippen LogP contribution in [-0.2, 0) is 32.6 Å². The molecule has 14 heteroatoms. The Hall–Kier alpha value is -4.65. The summed E-state index contributed by atoms with van der Waals surface area (Å²) in [6, 6.07) is 22.5. The van der Waals surface area contributed by atoms with E-state index in [1.807, 2.05) is 30.3 Å². The number of hydrogen-bond acceptors (Lipinski definition) is 7. The minimum absolute atomic E-state index is 0.0682. The maximum absolute atomic E-state index is 14.6. The van der Waals surface area contributed by atoms with Gasteiger partial charge in [-0.15, -0.1) is 0 Å². The van der Waals surface area contributed by atoms with Crippen molar-refractivity contribution in [1.82, 2.24) is 10.2 Å². The third kappa shape index (κ3) is 8.62. The number of anilines is 1. The van der Waals surface area contributed by atoms with Crippen molar-refractivity contribution < 1.29 is 27.7 Å². The van der Waals surface area contributed by atoms with E-state index < -0.39 is 49.9 Å². The fourth-order valence-electron chi connectivity index (χ4n) is 5.08. The van der Waals surface area contributed by atoms with Gasteiger partial charge in [-0.05, 0) is 61.4 Å². The number of rotatable bonds is 14. The van der Waals surface area contributed by atoms with Gasteiger partial charge in [0.05, 0.1) is 22.6 Å². The second-order valence-electron chi connectivity index (χ2n) is 10.8. The lowest BCUT2D eigenvalue weighted by Crippen LogP contribution is -2.53. The summed E-state index contributed by atoms with van der Waals surface area (Å²) in [6.45, 7) is 2.65. The van der Waals surface area contributed by atoms with Gasteiger partial charge >= 0.3 is 0 Å². The summed E-state index contributed by atoms with van der Waals surface area (Å²) in [4.78, 5) is 40.1. The van der Waals surface area contributed by atoms with Crippen molar-refractivity contribution in [3.05, 3.63) is 128 Å². The number of nitro benzene ring substituents is 1. The van der Waals surface area contributed by atoms with Crippen LogP contribution in [0.25, 0.3) is 0 Å². The molecule has 0 aliphatic rings. The van der Waals surface area contributed by atoms with Crippen molar-refractivity contribution in [3.63, 3.8) is 0 Å². The molecule has 0 aromatic heterocycles. The number of nitrogens with zero attached hydrogens (tertiary/aromatic N) is 3. The minimum Gasteiger partial charge on any atom is -0.495 e. The fraction of sp³-hybridized carbons (Fsp3) is 0.235. The molecule has 2 amide bonds. The summed E-state index contributed by atoms with van der Waals surface area (Å²) in [7, 11) is -3.35. The molecule has 0 aliphatic heterocycles. The number of ether oxygens (including phenoxy) is 1. The minimum atomic E-state index is -4.67. The van der Waals surface area contributed by atoms with Crippen molar-refractivity contribution in [1.29, 1.82) is 0 Å². The molecule has 0 saturated carbocycles. The van der Waals surface area contributed by atoms with E-state index in [0.29, 0.717) is 17.1 Å². The van der Waals surface area contributed by atoms with Crippen LogP contribution in [-0.4, -0.2) is 56.3 Å². The third-order valence-corrected chi connectivity index (χ3v) is 9.78. The molecule has 0 spiro atoms. The first-order chi connectivity index (χ1) is 22.8. The Morgan fingerprint density at radius 3 is 2.23 bits per heavy atom. The van der Waals surface area contributed by atoms with Crippen LogP contribution in [0.15, 0.2) is 95.9 Å². The summed E-state index contributed by atoms with van der Waals surface area (Å²) in [6.07, 6.45) is 0.128. The lowest BCUT2D eigenvalue weighted by atomic mass is 10.0. The van der Waals surface area contributed by atoms with Gasteiger partial charge in [0, 0.05) is 41.2 Å². The number of sulfonamides is 1. The molecule has 4 aromatic rings. The monoisotopic (exact) mass is 712 g/mol. The summed E-state index contributed by atoms with van der Waals surface area (Å²) < 4.78 is 35.0. The molecule has 4 rings (SSSR count). The standard InChI is InChI=1S/C34H34Cl2N4O7S/c1-4-37-34(42)31(18-24-8-6-5-7-9-24)38(21-25-11-13-26(35)14-12-25)33(41)22-39(30-19-27(36)15-17-32(30)47-3)48(45,46)28-16-10-23(2)29(20-28)40(43)44/h5-17,19-20,31H,4,18,21-22H2,1-3H3,(H,37,42). The van der Waals surface area contributed by atoms with Crippen molar-refractivity contribution in [2.24, 2.45) is 0 Å². The normalized spacial score (nSPS) is 11.8. The zero-order valence-corrected chi connectivity index (χ0v) is 28.8. The van der Waals surface area contributed by atoms with E-state index >= 15 is 0 Å². The Morgan fingerprint density at radius 1 is 0.938 bits per heavy atom. The Morgan fingerprint density at radius 2 is 1.60 bits per heavy atom. The Kier molecular flexibility index (Phi) is 12.0. The van der Waals surface area contributed by atoms with Crippen LogP contribution in [0.5, 0.6) is 5.75 Å². The second-order valence-corrected chi connectivity index (χ2v) is 13.5. The summed E-state index contributed by atoms with van der Waals surface area (Å²) >= 11 is 12.4. The van der Waals surface area contributed by atoms with Crippen molar-refractivity contribution >= 4 is 56.4 Å². The van der Waals surface area contributed by atoms with E-state index in [9.17, 15) is 28.1 Å². The number of carbonyl (C=O) groups is 2. The zero-order valence-electron chi connectivity index (χ0n) is 26.4. The van der Waals surface area contributed by atoms with E-state index in [-0.39, 0.29) is 35.0 Å². The first kappa shape index (κ1) is 36.2. The smallest absolute Gasteiger partial charge is 0.273 e. The van der Waals surface area contributed by atoms with Gasteiger partial charge in [-0.25, -0.2) is 8.42 Å². The second kappa shape index (κ2) is 16.0. The lowest BCUT2D eigenvalue weighted by molar-refractivity contribution is -0.385. The largest absolute Gasteiger partial charge is 0.495 e. The highest BCUT2D eigenvalue weighted by Gasteiger charge is 2.36. The number of nitrogens with one attached hydrogen (secondary N) is 1. The quantitative estimate of drug-likeness (QED) is 0.122. The molecule has 11 nitrogen and oxygen atoms in total. The van der Waals surface area contributed by atoms with Crippen molar-refractivity contribution in [3.8, 4) is 5.75 Å². The Bertz CT molecular complexity index is 1890. The SMILES string of the molecule is CCNC(=O)C(Cc1ccccc1)N(Cc1ccc(Cl)cc1)C(=O)CN(c1cc(Cl)ccc1OC)S(=O)(=O)c1ccc(C)c([N+](=O)[O-])c1. The van der Waals surface area contributed by atoms with Crippen LogP contribution in [0.3, 0.4) is 0 Å². The van der Waals surface area contributed by atoms with Gasteiger partial charge in [0.15, 0.2) is 0 Å². The molecule has 0 heterocycles. The highest BCUT2D eigenvalue weighted by Crippen LogP contribution is 2.36. The van der Waals surface area contributed by atoms with Crippen LogP contribution in [0.2, 0.25) is 10.0 Å². The number of nitro groups is 1. The van der Waals surface area contributed by atoms with Crippen LogP contribution in [0.1, 0.15) is 23.6 Å². The van der Waals surface area contributed by atoms with E-state index in [0.717, 1.165) is 15.9 Å². The molecule has 0 fully saturated rings. The Balaban J connectivity index is 1.88. The number of aryl methyl sites for hydroxylation is 1. The van der Waals surface area contributed by atoms with Gasteiger partial charge in [0.1, 0.15) is 18.3 Å². The van der Waals surface area contributed by atoms with Crippen molar-refractivity contribution in [2.45, 2.75) is 37.8 Å². The van der Waals surface area contributed by atoms with Crippen LogP contribution >= 0.6 is 23.2 Å². The molecular formula is C34H34Cl2N4O7S. The zero-order chi connectivity index (χ0) is 35.0. The van der Waals surface area contributed by atoms with Gasteiger partial charge in [-0.2, -0.15) is 0 Å².